The monoisotopic (exact) mass is 318 g/mol. The number of carbonyl (C=O) groups excluding carboxylic acids is 1. The van der Waals surface area contributed by atoms with Crippen LogP contribution in [0.5, 0.6) is 0 Å². The summed E-state index contributed by atoms with van der Waals surface area (Å²) in [6.07, 6.45) is 1.99. The zero-order chi connectivity index (χ0) is 16.4. The Morgan fingerprint density at radius 3 is 3.00 bits per heavy atom. The number of likely N-dealkylation sites (tertiary alicyclic amines) is 1. The van der Waals surface area contributed by atoms with Crippen molar-refractivity contribution in [2.24, 2.45) is 5.92 Å². The molecule has 124 valence electrons. The molecule has 2 atom stereocenters. The molecule has 1 aliphatic heterocycles. The Labute approximate surface area is 135 Å². The Kier molecular flexibility index (Phi) is 4.66. The van der Waals surface area contributed by atoms with Gasteiger partial charge >= 0.3 is 0 Å². The molecule has 1 aromatic carbocycles. The average molecular weight is 318 g/mol. The van der Waals surface area contributed by atoms with Gasteiger partial charge in [0.2, 0.25) is 5.91 Å². The van der Waals surface area contributed by atoms with E-state index in [1.807, 2.05) is 11.0 Å². The topological polar surface area (TPSA) is 45.5 Å². The number of nitrogens with one attached hydrogen (secondary N) is 1. The summed E-state index contributed by atoms with van der Waals surface area (Å²) in [6.45, 7) is 6.03. The standard InChI is InChI=1S/C18H23FN2O2/c1-3-13-11-21(12(2)22)7-6-17(13)20-10-16-9-14-8-15(19)4-5-18(14)23-16/h4-5,8-9,13,17,20H,3,6-7,10-11H2,1-2H3. The van der Waals surface area contributed by atoms with Gasteiger partial charge in [-0.3, -0.25) is 4.79 Å². The highest BCUT2D eigenvalue weighted by atomic mass is 19.1. The van der Waals surface area contributed by atoms with E-state index in [1.165, 1.54) is 12.1 Å². The van der Waals surface area contributed by atoms with Crippen molar-refractivity contribution in [3.63, 3.8) is 0 Å². The second-order valence-corrected chi connectivity index (χ2v) is 6.30. The van der Waals surface area contributed by atoms with Crippen molar-refractivity contribution in [2.45, 2.75) is 39.3 Å². The van der Waals surface area contributed by atoms with Crippen molar-refractivity contribution in [3.8, 4) is 0 Å². The zero-order valence-corrected chi connectivity index (χ0v) is 13.6. The largest absolute Gasteiger partial charge is 0.460 e. The number of hydrogen-bond acceptors (Lipinski definition) is 3. The van der Waals surface area contributed by atoms with Gasteiger partial charge in [0.25, 0.3) is 0 Å². The van der Waals surface area contributed by atoms with Gasteiger partial charge < -0.3 is 14.6 Å². The van der Waals surface area contributed by atoms with E-state index in [4.69, 9.17) is 4.42 Å². The van der Waals surface area contributed by atoms with Crippen LogP contribution in [-0.4, -0.2) is 29.9 Å². The van der Waals surface area contributed by atoms with E-state index in [9.17, 15) is 9.18 Å². The molecule has 1 N–H and O–H groups in total. The van der Waals surface area contributed by atoms with Crippen molar-refractivity contribution in [1.82, 2.24) is 10.2 Å². The summed E-state index contributed by atoms with van der Waals surface area (Å²) in [4.78, 5) is 13.5. The van der Waals surface area contributed by atoms with Crippen LogP contribution in [0.3, 0.4) is 0 Å². The number of halogens is 1. The van der Waals surface area contributed by atoms with Crippen LogP contribution < -0.4 is 5.32 Å². The van der Waals surface area contributed by atoms with Crippen LogP contribution in [0.4, 0.5) is 4.39 Å². The van der Waals surface area contributed by atoms with Gasteiger partial charge in [-0.05, 0) is 36.6 Å². The molecule has 2 unspecified atom stereocenters. The van der Waals surface area contributed by atoms with E-state index in [0.29, 0.717) is 24.1 Å². The van der Waals surface area contributed by atoms with Crippen molar-refractivity contribution in [3.05, 3.63) is 35.8 Å². The number of benzene rings is 1. The third kappa shape index (κ3) is 3.55. The first-order chi connectivity index (χ1) is 11.1. The Morgan fingerprint density at radius 2 is 2.26 bits per heavy atom. The lowest BCUT2D eigenvalue weighted by molar-refractivity contribution is -0.131. The van der Waals surface area contributed by atoms with Gasteiger partial charge in [-0.1, -0.05) is 13.3 Å². The molecular weight excluding hydrogens is 295 g/mol. The van der Waals surface area contributed by atoms with Gasteiger partial charge in [0.15, 0.2) is 0 Å². The number of amides is 1. The molecule has 5 heteroatoms. The molecule has 0 radical (unpaired) electrons. The molecular formula is C18H23FN2O2. The summed E-state index contributed by atoms with van der Waals surface area (Å²) >= 11 is 0. The number of nitrogens with zero attached hydrogens (tertiary/aromatic N) is 1. The molecule has 1 aromatic heterocycles. The van der Waals surface area contributed by atoms with Crippen molar-refractivity contribution in [1.29, 1.82) is 0 Å². The average Bonchev–Trinajstić information content (AvgIpc) is 2.94. The Bertz CT molecular complexity index is 697. The van der Waals surface area contributed by atoms with Gasteiger partial charge in [-0.25, -0.2) is 4.39 Å². The summed E-state index contributed by atoms with van der Waals surface area (Å²) in [6, 6.07) is 6.82. The minimum atomic E-state index is -0.250. The lowest BCUT2D eigenvalue weighted by Crippen LogP contribution is -2.50. The molecule has 1 aliphatic rings. The van der Waals surface area contributed by atoms with Crippen LogP contribution in [0.25, 0.3) is 11.0 Å². The molecule has 0 aliphatic carbocycles. The fourth-order valence-electron chi connectivity index (χ4n) is 3.39. The maximum absolute atomic E-state index is 13.2. The predicted octanol–water partition coefficient (Wildman–Crippen LogP) is 3.31. The molecule has 23 heavy (non-hydrogen) atoms. The highest BCUT2D eigenvalue weighted by Crippen LogP contribution is 2.23. The molecule has 1 fully saturated rings. The molecule has 1 saturated heterocycles. The van der Waals surface area contributed by atoms with Crippen LogP contribution in [0.15, 0.2) is 28.7 Å². The number of furan rings is 1. The number of piperidine rings is 1. The van der Waals surface area contributed by atoms with E-state index in [2.05, 4.69) is 12.2 Å². The third-order valence-electron chi connectivity index (χ3n) is 4.77. The highest BCUT2D eigenvalue weighted by molar-refractivity contribution is 5.77. The fraction of sp³-hybridized carbons (Fsp3) is 0.500. The Balaban J connectivity index is 1.63. The lowest BCUT2D eigenvalue weighted by atomic mass is 9.90. The van der Waals surface area contributed by atoms with Gasteiger partial charge in [-0.2, -0.15) is 0 Å². The maximum atomic E-state index is 13.2. The van der Waals surface area contributed by atoms with Gasteiger partial charge in [0.1, 0.15) is 17.2 Å². The van der Waals surface area contributed by atoms with Crippen molar-refractivity contribution in [2.75, 3.05) is 13.1 Å². The first-order valence-electron chi connectivity index (χ1n) is 8.23. The van der Waals surface area contributed by atoms with Crippen LogP contribution in [0.2, 0.25) is 0 Å². The van der Waals surface area contributed by atoms with E-state index >= 15 is 0 Å². The lowest BCUT2D eigenvalue weighted by Gasteiger charge is -2.38. The Morgan fingerprint density at radius 1 is 1.43 bits per heavy atom. The van der Waals surface area contributed by atoms with E-state index < -0.39 is 0 Å². The third-order valence-corrected chi connectivity index (χ3v) is 4.77. The quantitative estimate of drug-likeness (QED) is 0.941. The fourth-order valence-corrected chi connectivity index (χ4v) is 3.39. The van der Waals surface area contributed by atoms with E-state index in [-0.39, 0.29) is 11.7 Å². The van der Waals surface area contributed by atoms with Gasteiger partial charge in [-0.15, -0.1) is 0 Å². The van der Waals surface area contributed by atoms with Crippen LogP contribution in [0.1, 0.15) is 32.4 Å². The summed E-state index contributed by atoms with van der Waals surface area (Å²) in [5.74, 6) is 1.17. The van der Waals surface area contributed by atoms with Crippen LogP contribution >= 0.6 is 0 Å². The molecule has 4 nitrogen and oxygen atoms in total. The first-order valence-corrected chi connectivity index (χ1v) is 8.23. The normalized spacial score (nSPS) is 21.8. The maximum Gasteiger partial charge on any atom is 0.219 e. The van der Waals surface area contributed by atoms with Crippen LogP contribution in [-0.2, 0) is 11.3 Å². The molecule has 0 bridgehead atoms. The number of fused-ring (bicyclic) bond motifs is 1. The molecule has 0 spiro atoms. The van der Waals surface area contributed by atoms with Crippen molar-refractivity contribution >= 4 is 16.9 Å². The van der Waals surface area contributed by atoms with Crippen molar-refractivity contribution < 1.29 is 13.6 Å². The molecule has 3 rings (SSSR count). The minimum Gasteiger partial charge on any atom is -0.460 e. The number of rotatable bonds is 4. The second-order valence-electron chi connectivity index (χ2n) is 6.30. The van der Waals surface area contributed by atoms with E-state index in [0.717, 1.165) is 37.1 Å². The highest BCUT2D eigenvalue weighted by Gasteiger charge is 2.28. The zero-order valence-electron chi connectivity index (χ0n) is 13.6. The summed E-state index contributed by atoms with van der Waals surface area (Å²) < 4.78 is 19.0. The first kappa shape index (κ1) is 16.0. The molecule has 2 heterocycles. The predicted molar refractivity (Wildman–Crippen MR) is 87.5 cm³/mol. The molecule has 1 amide bonds. The molecule has 0 saturated carbocycles. The Hall–Kier alpha value is -1.88. The molecule has 2 aromatic rings. The van der Waals surface area contributed by atoms with Crippen LogP contribution in [0, 0.1) is 11.7 Å². The van der Waals surface area contributed by atoms with Gasteiger partial charge in [0, 0.05) is 31.4 Å². The second kappa shape index (κ2) is 6.71. The van der Waals surface area contributed by atoms with E-state index in [1.54, 1.807) is 13.0 Å². The summed E-state index contributed by atoms with van der Waals surface area (Å²) in [5, 5.41) is 4.34. The number of carbonyl (C=O) groups is 1. The number of hydrogen-bond donors (Lipinski definition) is 1. The summed E-state index contributed by atoms with van der Waals surface area (Å²) in [7, 11) is 0. The smallest absolute Gasteiger partial charge is 0.219 e. The SMILES string of the molecule is CCC1CN(C(C)=O)CCC1NCc1cc2cc(F)ccc2o1. The minimum absolute atomic E-state index is 0.154. The summed E-state index contributed by atoms with van der Waals surface area (Å²) in [5.41, 5.74) is 0.710. The van der Waals surface area contributed by atoms with Gasteiger partial charge in [0.05, 0.1) is 6.54 Å².